The smallest absolute Gasteiger partial charge is 0.311 e. The molecule has 0 amide bonds. The molecule has 2 rings (SSSR count). The number of nitro groups is 1. The second kappa shape index (κ2) is 5.86. The van der Waals surface area contributed by atoms with Gasteiger partial charge in [-0.25, -0.2) is 4.98 Å². The zero-order chi connectivity index (χ0) is 13.8. The normalized spacial score (nSPS) is 23.0. The second-order valence-electron chi connectivity index (χ2n) is 5.36. The van der Waals surface area contributed by atoms with Crippen LogP contribution >= 0.6 is 0 Å². The van der Waals surface area contributed by atoms with Gasteiger partial charge in [0.15, 0.2) is 0 Å². The lowest BCUT2D eigenvalue weighted by molar-refractivity contribution is -0.384. The third-order valence-corrected chi connectivity index (χ3v) is 3.81. The first-order valence-electron chi connectivity index (χ1n) is 6.71. The van der Waals surface area contributed by atoms with Gasteiger partial charge in [0.2, 0.25) is 5.82 Å². The minimum atomic E-state index is -0.519. The minimum Gasteiger partial charge on any atom is -0.378 e. The number of nitrogens with one attached hydrogen (secondary N) is 1. The Morgan fingerprint density at radius 1 is 1.42 bits per heavy atom. The fraction of sp³-hybridized carbons (Fsp3) is 0.615. The largest absolute Gasteiger partial charge is 0.378 e. The first kappa shape index (κ1) is 13.6. The van der Waals surface area contributed by atoms with Gasteiger partial charge in [-0.05, 0) is 30.7 Å². The molecule has 104 valence electrons. The molecule has 0 atom stereocenters. The van der Waals surface area contributed by atoms with E-state index in [1.807, 2.05) is 0 Å². The van der Waals surface area contributed by atoms with Crippen molar-refractivity contribution in [3.8, 4) is 0 Å². The molecule has 0 radical (unpaired) electrons. The molecular formula is C13H20N4O2. The van der Waals surface area contributed by atoms with Crippen molar-refractivity contribution >= 4 is 17.3 Å². The van der Waals surface area contributed by atoms with E-state index in [9.17, 15) is 10.1 Å². The maximum atomic E-state index is 10.6. The molecule has 1 aromatic heterocycles. The van der Waals surface area contributed by atoms with Crippen molar-refractivity contribution in [1.82, 2.24) is 4.98 Å². The topological polar surface area (TPSA) is 94.1 Å². The van der Waals surface area contributed by atoms with Gasteiger partial charge < -0.3 is 11.1 Å². The van der Waals surface area contributed by atoms with Crippen LogP contribution in [-0.4, -0.2) is 16.5 Å². The number of pyridine rings is 1. The van der Waals surface area contributed by atoms with E-state index in [1.165, 1.54) is 31.7 Å². The van der Waals surface area contributed by atoms with Crippen LogP contribution in [0.3, 0.4) is 0 Å². The maximum Gasteiger partial charge on any atom is 0.311 e. The van der Waals surface area contributed by atoms with E-state index in [1.54, 1.807) is 6.07 Å². The summed E-state index contributed by atoms with van der Waals surface area (Å²) in [6, 6.07) is 3.01. The van der Waals surface area contributed by atoms with Crippen LogP contribution in [0.4, 0.5) is 17.3 Å². The molecule has 0 spiro atoms. The number of rotatable bonds is 4. The van der Waals surface area contributed by atoms with E-state index in [0.717, 1.165) is 12.5 Å². The van der Waals surface area contributed by atoms with Gasteiger partial charge in [-0.2, -0.15) is 0 Å². The highest BCUT2D eigenvalue weighted by molar-refractivity contribution is 5.57. The zero-order valence-corrected chi connectivity index (χ0v) is 11.1. The van der Waals surface area contributed by atoms with Crippen molar-refractivity contribution in [3.63, 3.8) is 0 Å². The molecule has 1 heterocycles. The summed E-state index contributed by atoms with van der Waals surface area (Å²) in [5.74, 6) is 2.08. The molecule has 1 aromatic rings. The van der Waals surface area contributed by atoms with Gasteiger partial charge in [0.25, 0.3) is 0 Å². The van der Waals surface area contributed by atoms with Crippen LogP contribution in [0.1, 0.15) is 32.6 Å². The molecule has 0 saturated heterocycles. The molecular weight excluding hydrogens is 244 g/mol. The molecule has 1 aliphatic carbocycles. The van der Waals surface area contributed by atoms with Crippen LogP contribution in [0.5, 0.6) is 0 Å². The van der Waals surface area contributed by atoms with Gasteiger partial charge in [-0.1, -0.05) is 19.8 Å². The van der Waals surface area contributed by atoms with E-state index in [2.05, 4.69) is 17.2 Å². The summed E-state index contributed by atoms with van der Waals surface area (Å²) in [4.78, 5) is 14.1. The number of anilines is 2. The summed E-state index contributed by atoms with van der Waals surface area (Å²) in [7, 11) is 0. The van der Waals surface area contributed by atoms with Crippen molar-refractivity contribution in [3.05, 3.63) is 22.2 Å². The molecule has 1 aliphatic rings. The summed E-state index contributed by atoms with van der Waals surface area (Å²) >= 11 is 0. The molecule has 1 saturated carbocycles. The molecule has 0 aromatic carbocycles. The third-order valence-electron chi connectivity index (χ3n) is 3.81. The van der Waals surface area contributed by atoms with Gasteiger partial charge in [0, 0.05) is 12.6 Å². The van der Waals surface area contributed by atoms with E-state index in [-0.39, 0.29) is 11.5 Å². The number of aromatic nitrogens is 1. The zero-order valence-electron chi connectivity index (χ0n) is 11.1. The highest BCUT2D eigenvalue weighted by Crippen LogP contribution is 2.28. The van der Waals surface area contributed by atoms with Gasteiger partial charge in [-0.3, -0.25) is 10.1 Å². The van der Waals surface area contributed by atoms with Gasteiger partial charge in [0.1, 0.15) is 5.82 Å². The average molecular weight is 264 g/mol. The van der Waals surface area contributed by atoms with Crippen molar-refractivity contribution in [2.24, 2.45) is 11.8 Å². The summed E-state index contributed by atoms with van der Waals surface area (Å²) in [5, 5.41) is 13.9. The van der Waals surface area contributed by atoms with Crippen molar-refractivity contribution in [2.75, 3.05) is 17.6 Å². The number of nitrogens with zero attached hydrogens (tertiary/aromatic N) is 2. The number of hydrogen-bond donors (Lipinski definition) is 2. The third kappa shape index (κ3) is 3.56. The molecule has 0 bridgehead atoms. The van der Waals surface area contributed by atoms with Crippen LogP contribution in [0.25, 0.3) is 0 Å². The van der Waals surface area contributed by atoms with E-state index >= 15 is 0 Å². The highest BCUT2D eigenvalue weighted by Gasteiger charge is 2.18. The Labute approximate surface area is 112 Å². The first-order valence-corrected chi connectivity index (χ1v) is 6.71. The van der Waals surface area contributed by atoms with Gasteiger partial charge >= 0.3 is 5.69 Å². The number of nitrogens with two attached hydrogens (primary N) is 1. The molecule has 1 fully saturated rings. The molecule has 6 nitrogen and oxygen atoms in total. The predicted octanol–water partition coefficient (Wildman–Crippen LogP) is 2.81. The average Bonchev–Trinajstić information content (AvgIpc) is 2.37. The summed E-state index contributed by atoms with van der Waals surface area (Å²) < 4.78 is 0. The standard InChI is InChI=1S/C13H20N4O2/c1-9-2-4-10(5-3-9)8-15-12-7-6-11(17(18)19)13(14)16-12/h6-7,9-10H,2-5,8H2,1H3,(H3,14,15,16). The Bertz CT molecular complexity index is 456. The van der Waals surface area contributed by atoms with Gasteiger partial charge in [-0.15, -0.1) is 0 Å². The Morgan fingerprint density at radius 3 is 2.68 bits per heavy atom. The Hall–Kier alpha value is -1.85. The Balaban J connectivity index is 1.89. The van der Waals surface area contributed by atoms with E-state index < -0.39 is 4.92 Å². The molecule has 6 heteroatoms. The van der Waals surface area contributed by atoms with E-state index in [4.69, 9.17) is 5.73 Å². The minimum absolute atomic E-state index is 0.0349. The highest BCUT2D eigenvalue weighted by atomic mass is 16.6. The quantitative estimate of drug-likeness (QED) is 0.644. The fourth-order valence-corrected chi connectivity index (χ4v) is 2.50. The van der Waals surface area contributed by atoms with Crippen LogP contribution in [-0.2, 0) is 0 Å². The van der Waals surface area contributed by atoms with Crippen LogP contribution in [0, 0.1) is 22.0 Å². The predicted molar refractivity (Wildman–Crippen MR) is 74.9 cm³/mol. The lowest BCUT2D eigenvalue weighted by Gasteiger charge is -2.26. The SMILES string of the molecule is CC1CCC(CNc2ccc([N+](=O)[O-])c(N)n2)CC1. The fourth-order valence-electron chi connectivity index (χ4n) is 2.50. The van der Waals surface area contributed by atoms with Crippen LogP contribution in [0.2, 0.25) is 0 Å². The molecule has 0 aliphatic heterocycles. The van der Waals surface area contributed by atoms with Crippen LogP contribution in [0.15, 0.2) is 12.1 Å². The number of nitrogen functional groups attached to an aromatic ring is 1. The summed E-state index contributed by atoms with van der Waals surface area (Å²) in [6.45, 7) is 3.15. The van der Waals surface area contributed by atoms with E-state index in [0.29, 0.717) is 11.7 Å². The van der Waals surface area contributed by atoms with Crippen molar-refractivity contribution < 1.29 is 4.92 Å². The second-order valence-corrected chi connectivity index (χ2v) is 5.36. The maximum absolute atomic E-state index is 10.6. The lowest BCUT2D eigenvalue weighted by Crippen LogP contribution is -2.20. The molecule has 19 heavy (non-hydrogen) atoms. The van der Waals surface area contributed by atoms with Crippen molar-refractivity contribution in [1.29, 1.82) is 0 Å². The first-order chi connectivity index (χ1) is 9.06. The van der Waals surface area contributed by atoms with Crippen molar-refractivity contribution in [2.45, 2.75) is 32.6 Å². The van der Waals surface area contributed by atoms with Gasteiger partial charge in [0.05, 0.1) is 4.92 Å². The Morgan fingerprint density at radius 2 is 2.11 bits per heavy atom. The summed E-state index contributed by atoms with van der Waals surface area (Å²) in [6.07, 6.45) is 5.03. The summed E-state index contributed by atoms with van der Waals surface area (Å²) in [5.41, 5.74) is 5.41. The number of hydrogen-bond acceptors (Lipinski definition) is 5. The molecule has 0 unspecified atom stereocenters. The van der Waals surface area contributed by atoms with Crippen LogP contribution < -0.4 is 11.1 Å². The Kier molecular flexibility index (Phi) is 4.19. The molecule has 3 N–H and O–H groups in total. The lowest BCUT2D eigenvalue weighted by atomic mass is 9.83. The monoisotopic (exact) mass is 264 g/mol.